The van der Waals surface area contributed by atoms with Crippen molar-refractivity contribution in [2.24, 2.45) is 0 Å². The predicted molar refractivity (Wildman–Crippen MR) is 112 cm³/mol. The molecule has 142 valence electrons. The Balaban J connectivity index is 0.00000156. The van der Waals surface area contributed by atoms with Gasteiger partial charge in [0.25, 0.3) is 0 Å². The predicted octanol–water partition coefficient (Wildman–Crippen LogP) is 3.67. The van der Waals surface area contributed by atoms with Crippen molar-refractivity contribution in [1.82, 2.24) is 14.9 Å². The molecule has 1 fully saturated rings. The topological polar surface area (TPSA) is 55.4 Å². The number of nitrogens with one attached hydrogen (secondary N) is 1. The Morgan fingerprint density at radius 3 is 2.52 bits per heavy atom. The van der Waals surface area contributed by atoms with Gasteiger partial charge < -0.3 is 15.0 Å². The van der Waals surface area contributed by atoms with Gasteiger partial charge in [-0.05, 0) is 12.1 Å². The van der Waals surface area contributed by atoms with E-state index in [4.69, 9.17) is 16.7 Å². The highest BCUT2D eigenvalue weighted by Crippen LogP contribution is 2.32. The fourth-order valence-electron chi connectivity index (χ4n) is 2.87. The second-order valence-electron chi connectivity index (χ2n) is 6.08. The van der Waals surface area contributed by atoms with Crippen molar-refractivity contribution in [3.63, 3.8) is 0 Å². The van der Waals surface area contributed by atoms with Crippen LogP contribution in [0.25, 0.3) is 11.0 Å². The van der Waals surface area contributed by atoms with E-state index in [1.54, 1.807) is 11.8 Å². The third-order valence-electron chi connectivity index (χ3n) is 4.01. The van der Waals surface area contributed by atoms with E-state index in [0.29, 0.717) is 5.25 Å². The van der Waals surface area contributed by atoms with E-state index < -0.39 is 0 Å². The molecule has 5 nitrogen and oxygen atoms in total. The number of H-pyrrole nitrogens is 1. The van der Waals surface area contributed by atoms with Crippen LogP contribution in [-0.2, 0) is 0 Å². The van der Waals surface area contributed by atoms with E-state index in [0.717, 1.165) is 59.6 Å². The standard InChI is InChI=1S/C16H23ClN4OS.2ClH/c1-11(2)23-16-18-13-9-12(17)15(10-14(13)19-16)21-5-3-20(4-6-21)7-8-22;;/h9-11,22H,3-8H2,1-2H3,(H,18,19);2*1H. The molecule has 1 aromatic heterocycles. The van der Waals surface area contributed by atoms with Crippen molar-refractivity contribution in [2.45, 2.75) is 24.3 Å². The largest absolute Gasteiger partial charge is 0.395 e. The van der Waals surface area contributed by atoms with E-state index >= 15 is 0 Å². The van der Waals surface area contributed by atoms with Crippen LogP contribution in [0.5, 0.6) is 0 Å². The SMILES string of the molecule is CC(C)Sc1nc2cc(Cl)c(N3CCN(CCO)CC3)cc2[nH]1.Cl.Cl. The molecule has 25 heavy (non-hydrogen) atoms. The van der Waals surface area contributed by atoms with Gasteiger partial charge in [0, 0.05) is 38.0 Å². The Morgan fingerprint density at radius 1 is 1.24 bits per heavy atom. The zero-order valence-corrected chi connectivity index (χ0v) is 17.6. The minimum Gasteiger partial charge on any atom is -0.395 e. The number of benzene rings is 1. The van der Waals surface area contributed by atoms with E-state index in [-0.39, 0.29) is 31.4 Å². The maximum absolute atomic E-state index is 9.04. The van der Waals surface area contributed by atoms with Gasteiger partial charge >= 0.3 is 0 Å². The molecule has 1 aromatic carbocycles. The van der Waals surface area contributed by atoms with E-state index in [1.807, 2.05) is 6.07 Å². The van der Waals surface area contributed by atoms with Crippen molar-refractivity contribution in [3.8, 4) is 0 Å². The highest BCUT2D eigenvalue weighted by Gasteiger charge is 2.19. The lowest BCUT2D eigenvalue weighted by atomic mass is 10.2. The second-order valence-corrected chi connectivity index (χ2v) is 8.05. The summed E-state index contributed by atoms with van der Waals surface area (Å²) in [5.74, 6) is 0. The number of aliphatic hydroxyl groups excluding tert-OH is 1. The second kappa shape index (κ2) is 10.1. The Hall–Kier alpha value is -0.370. The number of fused-ring (bicyclic) bond motifs is 1. The van der Waals surface area contributed by atoms with Crippen LogP contribution >= 0.6 is 48.2 Å². The average molecular weight is 428 g/mol. The van der Waals surface area contributed by atoms with Crippen LogP contribution in [0.1, 0.15) is 13.8 Å². The zero-order chi connectivity index (χ0) is 16.4. The molecular weight excluding hydrogens is 403 g/mol. The summed E-state index contributed by atoms with van der Waals surface area (Å²) in [6.07, 6.45) is 0. The Labute approximate surface area is 170 Å². The number of imidazole rings is 1. The average Bonchev–Trinajstić information content (AvgIpc) is 2.88. The molecule has 1 aliphatic heterocycles. The minimum absolute atomic E-state index is 0. The molecule has 9 heteroatoms. The van der Waals surface area contributed by atoms with Crippen LogP contribution in [0.4, 0.5) is 5.69 Å². The van der Waals surface area contributed by atoms with Gasteiger partial charge in [-0.1, -0.05) is 37.2 Å². The molecule has 0 bridgehead atoms. The highest BCUT2D eigenvalue weighted by atomic mass is 35.5. The van der Waals surface area contributed by atoms with Crippen molar-refractivity contribution in [2.75, 3.05) is 44.2 Å². The number of hydrogen-bond donors (Lipinski definition) is 2. The first-order valence-electron chi connectivity index (χ1n) is 8.01. The first kappa shape index (κ1) is 22.7. The van der Waals surface area contributed by atoms with Gasteiger partial charge in [0.15, 0.2) is 5.16 Å². The molecule has 0 atom stereocenters. The monoisotopic (exact) mass is 426 g/mol. The van der Waals surface area contributed by atoms with Gasteiger partial charge in [0.05, 0.1) is 28.4 Å². The molecule has 2 heterocycles. The normalized spacial score (nSPS) is 15.3. The van der Waals surface area contributed by atoms with Crippen LogP contribution in [-0.4, -0.2) is 64.6 Å². The quantitative estimate of drug-likeness (QED) is 0.713. The Kier molecular flexibility index (Phi) is 9.15. The number of rotatable bonds is 5. The molecule has 0 unspecified atom stereocenters. The number of hydrogen-bond acceptors (Lipinski definition) is 5. The Morgan fingerprint density at radius 2 is 1.92 bits per heavy atom. The molecular formula is C16H25Cl3N4OS. The van der Waals surface area contributed by atoms with Crippen LogP contribution in [0, 0.1) is 0 Å². The Bertz CT molecular complexity index is 675. The van der Waals surface area contributed by atoms with Crippen molar-refractivity contribution in [1.29, 1.82) is 0 Å². The number of anilines is 1. The summed E-state index contributed by atoms with van der Waals surface area (Å²) in [5, 5.41) is 11.2. The van der Waals surface area contributed by atoms with Crippen molar-refractivity contribution < 1.29 is 5.11 Å². The van der Waals surface area contributed by atoms with Crippen LogP contribution < -0.4 is 4.90 Å². The molecule has 0 saturated carbocycles. The molecule has 0 spiro atoms. The maximum Gasteiger partial charge on any atom is 0.166 e. The van der Waals surface area contributed by atoms with E-state index in [2.05, 4.69) is 39.7 Å². The van der Waals surface area contributed by atoms with Gasteiger partial charge in [-0.3, -0.25) is 4.90 Å². The van der Waals surface area contributed by atoms with E-state index in [9.17, 15) is 0 Å². The number of aliphatic hydroxyl groups is 1. The summed E-state index contributed by atoms with van der Waals surface area (Å²) < 4.78 is 0. The van der Waals surface area contributed by atoms with Crippen LogP contribution in [0.3, 0.4) is 0 Å². The lowest BCUT2D eigenvalue weighted by Gasteiger charge is -2.36. The summed E-state index contributed by atoms with van der Waals surface area (Å²) in [6, 6.07) is 4.06. The summed E-state index contributed by atoms with van der Waals surface area (Å²) in [7, 11) is 0. The number of aromatic nitrogens is 2. The van der Waals surface area contributed by atoms with Crippen LogP contribution in [0.15, 0.2) is 17.3 Å². The molecule has 0 aliphatic carbocycles. The smallest absolute Gasteiger partial charge is 0.166 e. The lowest BCUT2D eigenvalue weighted by molar-refractivity contribution is 0.189. The van der Waals surface area contributed by atoms with Crippen LogP contribution in [0.2, 0.25) is 5.02 Å². The number of thioether (sulfide) groups is 1. The van der Waals surface area contributed by atoms with Gasteiger partial charge in [0.2, 0.25) is 0 Å². The zero-order valence-electron chi connectivity index (χ0n) is 14.4. The minimum atomic E-state index is 0. The maximum atomic E-state index is 9.04. The summed E-state index contributed by atoms with van der Waals surface area (Å²) in [4.78, 5) is 12.6. The molecule has 1 saturated heterocycles. The number of β-amino-alcohol motifs (C(OH)–C–C–N with tert-alkyl or cyclic N) is 1. The molecule has 2 N–H and O–H groups in total. The summed E-state index contributed by atoms with van der Waals surface area (Å²) >= 11 is 8.22. The highest BCUT2D eigenvalue weighted by molar-refractivity contribution is 7.99. The number of halogens is 3. The fourth-order valence-corrected chi connectivity index (χ4v) is 3.92. The van der Waals surface area contributed by atoms with Gasteiger partial charge in [-0.2, -0.15) is 0 Å². The number of aromatic amines is 1. The lowest BCUT2D eigenvalue weighted by Crippen LogP contribution is -2.47. The summed E-state index contributed by atoms with van der Waals surface area (Å²) in [5.41, 5.74) is 3.01. The third kappa shape index (κ3) is 5.55. The fraction of sp³-hybridized carbons (Fsp3) is 0.562. The van der Waals surface area contributed by atoms with Gasteiger partial charge in [-0.15, -0.1) is 24.8 Å². The molecule has 0 radical (unpaired) electrons. The molecule has 3 rings (SSSR count). The van der Waals surface area contributed by atoms with Gasteiger partial charge in [-0.25, -0.2) is 4.98 Å². The first-order chi connectivity index (χ1) is 11.1. The molecule has 1 aliphatic rings. The van der Waals surface area contributed by atoms with E-state index in [1.165, 1.54) is 0 Å². The number of nitrogens with zero attached hydrogens (tertiary/aromatic N) is 3. The molecule has 0 amide bonds. The first-order valence-corrected chi connectivity index (χ1v) is 9.26. The molecule has 2 aromatic rings. The summed E-state index contributed by atoms with van der Waals surface area (Å²) in [6.45, 7) is 9.02. The van der Waals surface area contributed by atoms with Crippen molar-refractivity contribution >= 4 is 64.9 Å². The third-order valence-corrected chi connectivity index (χ3v) is 5.20. The number of piperazine rings is 1. The van der Waals surface area contributed by atoms with Gasteiger partial charge in [0.1, 0.15) is 0 Å². The van der Waals surface area contributed by atoms with Crippen molar-refractivity contribution in [3.05, 3.63) is 17.2 Å².